The maximum Gasteiger partial charge on any atom is 0.336 e. The number of aliphatic hydroxyl groups is 2. The molecular weight excluding hydrogens is 544 g/mol. The lowest BCUT2D eigenvalue weighted by atomic mass is 9.83. The lowest BCUT2D eigenvalue weighted by Crippen LogP contribution is -2.46. The van der Waals surface area contributed by atoms with Crippen molar-refractivity contribution in [2.24, 2.45) is 5.92 Å². The first-order valence-electron chi connectivity index (χ1n) is 14.2. The number of carboxylic acids is 3. The van der Waals surface area contributed by atoms with Gasteiger partial charge in [-0.25, -0.2) is 4.79 Å². The number of carbonyl (C=O) groups is 3. The fourth-order valence-corrected chi connectivity index (χ4v) is 5.77. The second-order valence-electron chi connectivity index (χ2n) is 11.2. The van der Waals surface area contributed by atoms with E-state index >= 15 is 0 Å². The number of nitrogens with zero attached hydrogens (tertiary/aromatic N) is 2. The van der Waals surface area contributed by atoms with Gasteiger partial charge in [0.05, 0.1) is 25.6 Å². The third-order valence-corrected chi connectivity index (χ3v) is 7.95. The number of para-hydroxylation sites is 1. The molecule has 2 saturated heterocycles. The van der Waals surface area contributed by atoms with E-state index in [-0.39, 0.29) is 0 Å². The molecule has 11 heteroatoms. The molecule has 5 N–H and O–H groups in total. The third kappa shape index (κ3) is 9.52. The Labute approximate surface area is 246 Å². The van der Waals surface area contributed by atoms with Gasteiger partial charge in [-0.3, -0.25) is 14.5 Å². The zero-order valence-corrected chi connectivity index (χ0v) is 24.0. The molecule has 2 fully saturated rings. The molecule has 0 aromatic heterocycles. The predicted molar refractivity (Wildman–Crippen MR) is 154 cm³/mol. The van der Waals surface area contributed by atoms with Crippen LogP contribution in [-0.4, -0.2) is 98.7 Å². The highest BCUT2D eigenvalue weighted by atomic mass is 16.5. The minimum absolute atomic E-state index is 0.727. The fourth-order valence-electron chi connectivity index (χ4n) is 5.77. The monoisotopic (exact) mass is 586 g/mol. The van der Waals surface area contributed by atoms with Gasteiger partial charge in [-0.2, -0.15) is 0 Å². The number of methoxy groups -OCH3 is 1. The van der Waals surface area contributed by atoms with Crippen LogP contribution < -0.4 is 4.74 Å². The number of piperidine rings is 2. The first-order valence-corrected chi connectivity index (χ1v) is 14.2. The first-order chi connectivity index (χ1) is 19.9. The zero-order valence-electron chi connectivity index (χ0n) is 24.0. The van der Waals surface area contributed by atoms with Gasteiger partial charge in [-0.15, -0.1) is 0 Å². The number of ether oxygens (including phenoxy) is 1. The van der Waals surface area contributed by atoms with Crippen LogP contribution in [0, 0.1) is 5.92 Å². The van der Waals surface area contributed by atoms with Crippen molar-refractivity contribution in [3.63, 3.8) is 0 Å². The summed E-state index contributed by atoms with van der Waals surface area (Å²) in [6.07, 6.45) is 1.86. The van der Waals surface area contributed by atoms with E-state index in [0.29, 0.717) is 0 Å². The van der Waals surface area contributed by atoms with Crippen molar-refractivity contribution in [3.05, 3.63) is 65.7 Å². The van der Waals surface area contributed by atoms with E-state index in [1.165, 1.54) is 31.5 Å². The Morgan fingerprint density at radius 2 is 1.50 bits per heavy atom. The topological polar surface area (TPSA) is 168 Å². The highest BCUT2D eigenvalue weighted by Crippen LogP contribution is 2.38. The second kappa shape index (κ2) is 15.1. The maximum absolute atomic E-state index is 11.3. The molecule has 0 spiro atoms. The van der Waals surface area contributed by atoms with Crippen LogP contribution in [0.25, 0.3) is 0 Å². The number of aliphatic carboxylic acids is 3. The van der Waals surface area contributed by atoms with Gasteiger partial charge in [-0.1, -0.05) is 48.5 Å². The molecule has 2 aliphatic heterocycles. The van der Waals surface area contributed by atoms with E-state index in [1.54, 1.807) is 7.11 Å². The molecule has 230 valence electrons. The number of carboxylic acid groups (broad SMARTS) is 3. The zero-order chi connectivity index (χ0) is 30.8. The van der Waals surface area contributed by atoms with Crippen LogP contribution in [0.2, 0.25) is 0 Å². The molecular formula is C31H42N2O9. The van der Waals surface area contributed by atoms with Crippen LogP contribution in [-0.2, 0) is 26.5 Å². The van der Waals surface area contributed by atoms with Crippen molar-refractivity contribution >= 4 is 17.9 Å². The van der Waals surface area contributed by atoms with E-state index in [1.807, 2.05) is 24.3 Å². The Kier molecular flexibility index (Phi) is 11.9. The predicted octanol–water partition coefficient (Wildman–Crippen LogP) is 2.64. The van der Waals surface area contributed by atoms with E-state index < -0.39 is 42.0 Å². The summed E-state index contributed by atoms with van der Waals surface area (Å²) in [5, 5.41) is 45.1. The highest BCUT2D eigenvalue weighted by molar-refractivity contribution is 5.88. The summed E-state index contributed by atoms with van der Waals surface area (Å²) >= 11 is 0. The van der Waals surface area contributed by atoms with Gasteiger partial charge in [0.15, 0.2) is 5.60 Å². The molecule has 0 saturated carbocycles. The number of hydrogen-bond acceptors (Lipinski definition) is 8. The Morgan fingerprint density at radius 1 is 0.905 bits per heavy atom. The van der Waals surface area contributed by atoms with Gasteiger partial charge >= 0.3 is 17.9 Å². The number of hydrogen-bond donors (Lipinski definition) is 5. The average molecular weight is 587 g/mol. The van der Waals surface area contributed by atoms with Crippen molar-refractivity contribution in [1.82, 2.24) is 9.80 Å². The molecule has 0 aliphatic carbocycles. The fraction of sp³-hybridized carbons (Fsp3) is 0.516. The van der Waals surface area contributed by atoms with Crippen LogP contribution >= 0.6 is 0 Å². The minimum atomic E-state index is -2.74. The van der Waals surface area contributed by atoms with Crippen LogP contribution in [0.4, 0.5) is 0 Å². The molecule has 2 aromatic rings. The molecule has 11 nitrogen and oxygen atoms in total. The summed E-state index contributed by atoms with van der Waals surface area (Å²) in [7, 11) is 1.68. The van der Waals surface area contributed by atoms with Gasteiger partial charge < -0.3 is 35.2 Å². The van der Waals surface area contributed by atoms with Gasteiger partial charge in [0.2, 0.25) is 0 Å². The second-order valence-corrected chi connectivity index (χ2v) is 11.2. The molecule has 0 bridgehead atoms. The summed E-state index contributed by atoms with van der Waals surface area (Å²) in [4.78, 5) is 35.7. The standard InChI is InChI=1S/C25H34N2O2.C6H8O7/c1-29-24-12-6-5-11-23(24)25(28)13-16-26(17-14-25)19-22-10-7-15-27(20-22)18-21-8-3-2-4-9-21;7-3(8)1-6(13,5(11)12)2-4(9)10/h2-6,8-9,11-12,22,28H,7,10,13-20H2,1H3;13H,1-2H2,(H,7,8)(H,9,10)(H,11,12). The molecule has 1 atom stereocenters. The van der Waals surface area contributed by atoms with Gasteiger partial charge in [-0.05, 0) is 49.8 Å². The van der Waals surface area contributed by atoms with Crippen LogP contribution in [0.1, 0.15) is 49.7 Å². The van der Waals surface area contributed by atoms with Crippen molar-refractivity contribution in [3.8, 4) is 5.75 Å². The van der Waals surface area contributed by atoms with Gasteiger partial charge in [0, 0.05) is 38.3 Å². The van der Waals surface area contributed by atoms with Crippen molar-refractivity contribution < 1.29 is 44.7 Å². The summed E-state index contributed by atoms with van der Waals surface area (Å²) < 4.78 is 5.49. The summed E-state index contributed by atoms with van der Waals surface area (Å²) in [5.41, 5.74) is -1.16. The summed E-state index contributed by atoms with van der Waals surface area (Å²) in [6.45, 7) is 6.49. The molecule has 2 heterocycles. The molecule has 0 radical (unpaired) electrons. The van der Waals surface area contributed by atoms with Crippen molar-refractivity contribution in [2.75, 3.05) is 39.8 Å². The van der Waals surface area contributed by atoms with Crippen LogP contribution in [0.15, 0.2) is 54.6 Å². The molecule has 0 amide bonds. The first kappa shape index (κ1) is 33.0. The Hall–Kier alpha value is -3.51. The van der Waals surface area contributed by atoms with E-state index in [4.69, 9.17) is 25.2 Å². The smallest absolute Gasteiger partial charge is 0.336 e. The Bertz CT molecular complexity index is 1170. The van der Waals surface area contributed by atoms with E-state index in [0.717, 1.165) is 56.3 Å². The van der Waals surface area contributed by atoms with Crippen LogP contribution in [0.3, 0.4) is 0 Å². The summed E-state index contributed by atoms with van der Waals surface area (Å²) in [6, 6.07) is 18.7. The number of benzene rings is 2. The molecule has 4 rings (SSSR count). The average Bonchev–Trinajstić information content (AvgIpc) is 2.94. The third-order valence-electron chi connectivity index (χ3n) is 7.95. The molecule has 2 aliphatic rings. The minimum Gasteiger partial charge on any atom is -0.496 e. The normalized spacial score (nSPS) is 19.3. The number of likely N-dealkylation sites (tertiary alicyclic amines) is 2. The largest absolute Gasteiger partial charge is 0.496 e. The maximum atomic E-state index is 11.3. The Balaban J connectivity index is 0.000000316. The highest BCUT2D eigenvalue weighted by Gasteiger charge is 2.41. The quantitative estimate of drug-likeness (QED) is 0.262. The van der Waals surface area contributed by atoms with E-state index in [2.05, 4.69) is 40.1 Å². The molecule has 42 heavy (non-hydrogen) atoms. The van der Waals surface area contributed by atoms with Crippen LogP contribution in [0.5, 0.6) is 5.75 Å². The lowest BCUT2D eigenvalue weighted by molar-refractivity contribution is -0.170. The summed E-state index contributed by atoms with van der Waals surface area (Å²) in [5.74, 6) is -3.49. The SMILES string of the molecule is COc1ccccc1C1(O)CCN(CC2CCCN(Cc3ccccc3)C2)CC1.O=C(O)CC(O)(CC(=O)O)C(=O)O. The van der Waals surface area contributed by atoms with E-state index in [9.17, 15) is 19.5 Å². The lowest BCUT2D eigenvalue weighted by Gasteiger charge is -2.41. The van der Waals surface area contributed by atoms with Gasteiger partial charge in [0.25, 0.3) is 0 Å². The Morgan fingerprint density at radius 3 is 2.07 bits per heavy atom. The molecule has 2 aromatic carbocycles. The number of rotatable bonds is 11. The van der Waals surface area contributed by atoms with Crippen molar-refractivity contribution in [2.45, 2.75) is 56.3 Å². The van der Waals surface area contributed by atoms with Crippen molar-refractivity contribution in [1.29, 1.82) is 0 Å². The molecule has 1 unspecified atom stereocenters. The van der Waals surface area contributed by atoms with Gasteiger partial charge in [0.1, 0.15) is 5.75 Å².